The van der Waals surface area contributed by atoms with Gasteiger partial charge in [-0.05, 0) is 35.4 Å². The van der Waals surface area contributed by atoms with Crippen molar-refractivity contribution in [2.24, 2.45) is 0 Å². The first-order chi connectivity index (χ1) is 12.7. The van der Waals surface area contributed by atoms with Crippen LogP contribution in [0.3, 0.4) is 0 Å². The van der Waals surface area contributed by atoms with E-state index in [2.05, 4.69) is 11.4 Å². The van der Waals surface area contributed by atoms with Crippen LogP contribution >= 0.6 is 11.3 Å². The van der Waals surface area contributed by atoms with Gasteiger partial charge in [0.05, 0.1) is 16.7 Å². The molecule has 27 heavy (non-hydrogen) atoms. The number of hydrogen-bond donors (Lipinski definition) is 1. The zero-order chi connectivity index (χ0) is 19.9. The summed E-state index contributed by atoms with van der Waals surface area (Å²) < 4.78 is 0. The first-order valence-corrected chi connectivity index (χ1v) is 9.34. The molecule has 1 unspecified atom stereocenters. The maximum atomic E-state index is 12.7. The van der Waals surface area contributed by atoms with Crippen LogP contribution in [0, 0.1) is 11.3 Å². The number of imide groups is 1. The number of anilines is 1. The van der Waals surface area contributed by atoms with Crippen molar-refractivity contribution in [1.29, 1.82) is 5.26 Å². The quantitative estimate of drug-likeness (QED) is 0.824. The Morgan fingerprint density at radius 3 is 2.22 bits per heavy atom. The number of thiophene rings is 1. The lowest BCUT2D eigenvalue weighted by atomic mass is 9.86. The van der Waals surface area contributed by atoms with E-state index in [0.717, 1.165) is 10.5 Å². The van der Waals surface area contributed by atoms with E-state index in [4.69, 9.17) is 0 Å². The molecule has 7 heteroatoms. The predicted octanol–water partition coefficient (Wildman–Crippen LogP) is 3.54. The summed E-state index contributed by atoms with van der Waals surface area (Å²) in [7, 11) is 0. The van der Waals surface area contributed by atoms with Gasteiger partial charge in [0.1, 0.15) is 17.1 Å². The molecular weight excluding hydrogens is 362 g/mol. The molecule has 0 bridgehead atoms. The van der Waals surface area contributed by atoms with E-state index in [1.54, 1.807) is 24.3 Å². The molecule has 1 N–H and O–H groups in total. The SMILES string of the molecule is CC(C(=O)Nc1scc(C(C)(C)C)c1C#N)N1C(=O)c2ccccc2C1=O. The summed E-state index contributed by atoms with van der Waals surface area (Å²) in [5.74, 6) is -1.48. The summed E-state index contributed by atoms with van der Waals surface area (Å²) in [5, 5.41) is 14.5. The number of nitrogens with zero attached hydrogens (tertiary/aromatic N) is 2. The number of nitriles is 1. The fraction of sp³-hybridized carbons (Fsp3) is 0.300. The van der Waals surface area contributed by atoms with Crippen molar-refractivity contribution in [3.8, 4) is 6.07 Å². The van der Waals surface area contributed by atoms with E-state index in [0.29, 0.717) is 21.7 Å². The summed E-state index contributed by atoms with van der Waals surface area (Å²) in [6.07, 6.45) is 0. The summed E-state index contributed by atoms with van der Waals surface area (Å²) in [6.45, 7) is 7.47. The molecule has 6 nitrogen and oxygen atoms in total. The Balaban J connectivity index is 1.85. The molecule has 3 amide bonds. The molecule has 0 fully saturated rings. The first kappa shape index (κ1) is 18.8. The normalized spacial score (nSPS) is 14.7. The van der Waals surface area contributed by atoms with Crippen LogP contribution in [0.2, 0.25) is 0 Å². The minimum Gasteiger partial charge on any atom is -0.315 e. The first-order valence-electron chi connectivity index (χ1n) is 8.46. The smallest absolute Gasteiger partial charge is 0.262 e. The van der Waals surface area contributed by atoms with E-state index in [1.165, 1.54) is 18.3 Å². The van der Waals surface area contributed by atoms with Gasteiger partial charge in [0.25, 0.3) is 11.8 Å². The molecule has 0 radical (unpaired) electrons. The third kappa shape index (κ3) is 3.13. The fourth-order valence-electron chi connectivity index (χ4n) is 3.01. The molecular formula is C20H19N3O3S. The average molecular weight is 381 g/mol. The molecule has 1 aliphatic heterocycles. The van der Waals surface area contributed by atoms with Crippen molar-refractivity contribution in [1.82, 2.24) is 4.90 Å². The lowest BCUT2D eigenvalue weighted by molar-refractivity contribution is -0.119. The summed E-state index contributed by atoms with van der Waals surface area (Å²) in [5.41, 5.74) is 1.62. The second-order valence-corrected chi connectivity index (χ2v) is 8.29. The molecule has 0 spiro atoms. The van der Waals surface area contributed by atoms with Crippen LogP contribution in [0.1, 0.15) is 59.5 Å². The zero-order valence-corrected chi connectivity index (χ0v) is 16.3. The molecule has 1 aliphatic rings. The Bertz CT molecular complexity index is 960. The number of hydrogen-bond acceptors (Lipinski definition) is 5. The highest BCUT2D eigenvalue weighted by atomic mass is 32.1. The van der Waals surface area contributed by atoms with Gasteiger partial charge >= 0.3 is 0 Å². The Labute approximate surface area is 161 Å². The van der Waals surface area contributed by atoms with Crippen LogP contribution in [0.5, 0.6) is 0 Å². The van der Waals surface area contributed by atoms with Crippen LogP contribution in [-0.2, 0) is 10.2 Å². The highest BCUT2D eigenvalue weighted by molar-refractivity contribution is 7.14. The third-order valence-electron chi connectivity index (χ3n) is 4.54. The fourth-order valence-corrected chi connectivity index (χ4v) is 4.15. The number of rotatable bonds is 3. The minimum atomic E-state index is -0.996. The van der Waals surface area contributed by atoms with E-state index in [1.807, 2.05) is 26.2 Å². The Morgan fingerprint density at radius 2 is 1.74 bits per heavy atom. The van der Waals surface area contributed by atoms with Crippen molar-refractivity contribution in [3.63, 3.8) is 0 Å². The topological polar surface area (TPSA) is 90.3 Å². The van der Waals surface area contributed by atoms with Crippen molar-refractivity contribution in [2.75, 3.05) is 5.32 Å². The van der Waals surface area contributed by atoms with Crippen LogP contribution in [-0.4, -0.2) is 28.7 Å². The molecule has 138 valence electrons. The van der Waals surface area contributed by atoms with Crippen LogP contribution in [0.25, 0.3) is 0 Å². The van der Waals surface area contributed by atoms with Crippen molar-refractivity contribution < 1.29 is 14.4 Å². The number of nitrogens with one attached hydrogen (secondary N) is 1. The van der Waals surface area contributed by atoms with E-state index < -0.39 is 23.8 Å². The van der Waals surface area contributed by atoms with Gasteiger partial charge in [-0.1, -0.05) is 32.9 Å². The van der Waals surface area contributed by atoms with Gasteiger partial charge in [-0.25, -0.2) is 0 Å². The molecule has 0 saturated carbocycles. The van der Waals surface area contributed by atoms with Gasteiger partial charge in [0.2, 0.25) is 5.91 Å². The van der Waals surface area contributed by atoms with Gasteiger partial charge in [0.15, 0.2) is 0 Å². The monoisotopic (exact) mass is 381 g/mol. The van der Waals surface area contributed by atoms with Crippen molar-refractivity contribution in [3.05, 3.63) is 51.9 Å². The molecule has 3 rings (SSSR count). The molecule has 1 atom stereocenters. The van der Waals surface area contributed by atoms with Crippen molar-refractivity contribution in [2.45, 2.75) is 39.2 Å². The Hall–Kier alpha value is -2.98. The minimum absolute atomic E-state index is 0.237. The van der Waals surface area contributed by atoms with E-state index in [9.17, 15) is 19.6 Å². The Morgan fingerprint density at radius 1 is 1.19 bits per heavy atom. The molecule has 0 saturated heterocycles. The molecule has 2 aromatic rings. The lowest BCUT2D eigenvalue weighted by Crippen LogP contribution is -2.45. The van der Waals surface area contributed by atoms with Crippen LogP contribution in [0.4, 0.5) is 5.00 Å². The summed E-state index contributed by atoms with van der Waals surface area (Å²) in [6, 6.07) is 7.65. The van der Waals surface area contributed by atoms with Gasteiger partial charge < -0.3 is 5.32 Å². The van der Waals surface area contributed by atoms with Crippen LogP contribution in [0.15, 0.2) is 29.6 Å². The number of carbonyl (C=O) groups excluding carboxylic acids is 3. The van der Waals surface area contributed by atoms with Gasteiger partial charge in [-0.3, -0.25) is 19.3 Å². The maximum absolute atomic E-state index is 12.7. The van der Waals surface area contributed by atoms with Gasteiger partial charge in [-0.2, -0.15) is 5.26 Å². The van der Waals surface area contributed by atoms with Crippen molar-refractivity contribution >= 4 is 34.1 Å². The number of carbonyl (C=O) groups is 3. The highest BCUT2D eigenvalue weighted by Crippen LogP contribution is 2.36. The number of amides is 3. The van der Waals surface area contributed by atoms with E-state index in [-0.39, 0.29) is 5.41 Å². The zero-order valence-electron chi connectivity index (χ0n) is 15.5. The largest absolute Gasteiger partial charge is 0.315 e. The lowest BCUT2D eigenvalue weighted by Gasteiger charge is -2.21. The van der Waals surface area contributed by atoms with E-state index >= 15 is 0 Å². The average Bonchev–Trinajstić information content (AvgIpc) is 3.14. The highest BCUT2D eigenvalue weighted by Gasteiger charge is 2.40. The number of fused-ring (bicyclic) bond motifs is 1. The van der Waals surface area contributed by atoms with Crippen LogP contribution < -0.4 is 5.32 Å². The summed E-state index contributed by atoms with van der Waals surface area (Å²) >= 11 is 1.26. The standard InChI is InChI=1S/C20H19N3O3S/c1-11(23-18(25)12-7-5-6-8-13(12)19(23)26)16(24)22-17-14(9-21)15(10-27-17)20(2,3)4/h5-8,10-11H,1-4H3,(H,22,24). The second-order valence-electron chi connectivity index (χ2n) is 7.41. The molecule has 1 aromatic carbocycles. The van der Waals surface area contributed by atoms with Gasteiger partial charge in [-0.15, -0.1) is 11.3 Å². The second kappa shape index (κ2) is 6.63. The molecule has 0 aliphatic carbocycles. The maximum Gasteiger partial charge on any atom is 0.262 e. The van der Waals surface area contributed by atoms with Gasteiger partial charge in [0, 0.05) is 0 Å². The summed E-state index contributed by atoms with van der Waals surface area (Å²) in [4.78, 5) is 38.8. The third-order valence-corrected chi connectivity index (χ3v) is 5.44. The Kier molecular flexibility index (Phi) is 4.62. The predicted molar refractivity (Wildman–Crippen MR) is 103 cm³/mol. The number of benzene rings is 1. The molecule has 1 aromatic heterocycles. The molecule has 2 heterocycles.